The van der Waals surface area contributed by atoms with Crippen LogP contribution in [0, 0.1) is 5.41 Å². The van der Waals surface area contributed by atoms with Gasteiger partial charge in [-0.15, -0.1) is 0 Å². The molecule has 1 spiro atoms. The topological polar surface area (TPSA) is 57.7 Å². The molecule has 5 nitrogen and oxygen atoms in total. The summed E-state index contributed by atoms with van der Waals surface area (Å²) in [6.07, 6.45) is 7.61. The predicted molar refractivity (Wildman–Crippen MR) is 101 cm³/mol. The van der Waals surface area contributed by atoms with Gasteiger partial charge in [0.25, 0.3) is 0 Å². The number of sulfonamides is 1. The van der Waals surface area contributed by atoms with Crippen LogP contribution in [0.2, 0.25) is 0 Å². The molecule has 26 heavy (non-hydrogen) atoms. The first kappa shape index (κ1) is 18.0. The van der Waals surface area contributed by atoms with Crippen LogP contribution >= 0.6 is 0 Å². The lowest BCUT2D eigenvalue weighted by Crippen LogP contribution is -2.44. The van der Waals surface area contributed by atoms with E-state index >= 15 is 0 Å². The van der Waals surface area contributed by atoms with E-state index in [-0.39, 0.29) is 16.7 Å². The Morgan fingerprint density at radius 1 is 0.962 bits per heavy atom. The third kappa shape index (κ3) is 2.78. The molecule has 0 N–H and O–H groups in total. The third-order valence-corrected chi connectivity index (χ3v) is 8.09. The molecule has 0 unspecified atom stereocenters. The fraction of sp³-hybridized carbons (Fsp3) is 0.650. The molecule has 2 aliphatic carbocycles. The fourth-order valence-corrected chi connectivity index (χ4v) is 6.25. The number of rotatable bonds is 3. The first-order valence-corrected chi connectivity index (χ1v) is 11.5. The van der Waals surface area contributed by atoms with E-state index in [0.717, 1.165) is 24.8 Å². The van der Waals surface area contributed by atoms with Gasteiger partial charge in [0.15, 0.2) is 0 Å². The zero-order valence-corrected chi connectivity index (χ0v) is 16.3. The maximum atomic E-state index is 13.7. The molecule has 1 aromatic rings. The number of carbonyl (C=O) groups is 1. The average Bonchev–Trinajstić information content (AvgIpc) is 3.16. The quantitative estimate of drug-likeness (QED) is 0.814. The van der Waals surface area contributed by atoms with E-state index < -0.39 is 10.0 Å². The van der Waals surface area contributed by atoms with E-state index in [1.807, 2.05) is 23.1 Å². The highest BCUT2D eigenvalue weighted by Gasteiger charge is 2.73. The molecule has 1 heterocycles. The second-order valence-corrected chi connectivity index (χ2v) is 10.2. The second-order valence-electron chi connectivity index (χ2n) is 8.24. The average molecular weight is 377 g/mol. The number of nitrogens with zero attached hydrogens (tertiary/aromatic N) is 2. The van der Waals surface area contributed by atoms with Crippen molar-refractivity contribution in [1.29, 1.82) is 0 Å². The molecular weight excluding hydrogens is 348 g/mol. The minimum absolute atomic E-state index is 0.133. The molecule has 3 fully saturated rings. The third-order valence-electron chi connectivity index (χ3n) is 6.79. The van der Waals surface area contributed by atoms with Crippen LogP contribution in [0.5, 0.6) is 0 Å². The molecule has 6 heteroatoms. The van der Waals surface area contributed by atoms with Crippen molar-refractivity contribution in [3.8, 4) is 0 Å². The summed E-state index contributed by atoms with van der Waals surface area (Å²) in [6, 6.07) is 10.3. The predicted octanol–water partition coefficient (Wildman–Crippen LogP) is 2.38. The summed E-state index contributed by atoms with van der Waals surface area (Å²) in [5, 5.41) is 0. The van der Waals surface area contributed by atoms with E-state index in [1.165, 1.54) is 23.4 Å². The standard InChI is InChI=1S/C20H28N2O3S/c1-26(24,25)22-13-7-12-21(14-15-22)18(23)20(17-8-3-2-4-9-17)16-19(20)10-5-6-11-19/h2-4,8-9H,5-7,10-16H2,1H3/t20-/m0/s1. The van der Waals surface area contributed by atoms with E-state index in [0.29, 0.717) is 32.6 Å². The van der Waals surface area contributed by atoms with Crippen molar-refractivity contribution in [2.24, 2.45) is 5.41 Å². The number of hydrogen-bond donors (Lipinski definition) is 0. The van der Waals surface area contributed by atoms with Crippen LogP contribution in [0.1, 0.15) is 44.1 Å². The van der Waals surface area contributed by atoms with Crippen LogP contribution in [0.4, 0.5) is 0 Å². The molecule has 4 rings (SSSR count). The summed E-state index contributed by atoms with van der Waals surface area (Å²) in [5.41, 5.74) is 0.898. The molecular formula is C20H28N2O3S. The van der Waals surface area contributed by atoms with Crippen molar-refractivity contribution in [3.05, 3.63) is 35.9 Å². The molecule has 3 aliphatic rings. The highest BCUT2D eigenvalue weighted by molar-refractivity contribution is 7.88. The summed E-state index contributed by atoms with van der Waals surface area (Å²) in [6.45, 7) is 2.06. The zero-order valence-electron chi connectivity index (χ0n) is 15.5. The first-order valence-electron chi connectivity index (χ1n) is 9.69. The Labute approximate surface area is 156 Å². The minimum atomic E-state index is -3.20. The molecule has 1 aromatic carbocycles. The maximum Gasteiger partial charge on any atom is 0.233 e. The maximum absolute atomic E-state index is 13.7. The SMILES string of the molecule is CS(=O)(=O)N1CCCN(C(=O)[C@@]2(c3ccccc3)CC23CCCC3)CC1. The number of amides is 1. The van der Waals surface area contributed by atoms with Gasteiger partial charge in [0.05, 0.1) is 11.7 Å². The van der Waals surface area contributed by atoms with Crippen molar-refractivity contribution in [2.75, 3.05) is 32.4 Å². The Bertz CT molecular complexity index is 787. The Morgan fingerprint density at radius 3 is 2.31 bits per heavy atom. The van der Waals surface area contributed by atoms with E-state index in [9.17, 15) is 13.2 Å². The Kier molecular flexibility index (Phi) is 4.39. The molecule has 1 aliphatic heterocycles. The van der Waals surface area contributed by atoms with Crippen LogP contribution in [-0.4, -0.2) is 56.0 Å². The lowest BCUT2D eigenvalue weighted by atomic mass is 9.83. The minimum Gasteiger partial charge on any atom is -0.341 e. The normalized spacial score (nSPS) is 28.9. The smallest absolute Gasteiger partial charge is 0.233 e. The van der Waals surface area contributed by atoms with Crippen LogP contribution < -0.4 is 0 Å². The van der Waals surface area contributed by atoms with Gasteiger partial charge in [0, 0.05) is 26.2 Å². The molecule has 1 saturated heterocycles. The van der Waals surface area contributed by atoms with E-state index in [1.54, 1.807) is 0 Å². The van der Waals surface area contributed by atoms with Gasteiger partial charge in [0.2, 0.25) is 15.9 Å². The number of hydrogen-bond acceptors (Lipinski definition) is 3. The molecule has 0 aromatic heterocycles. The Morgan fingerprint density at radius 2 is 1.65 bits per heavy atom. The summed E-state index contributed by atoms with van der Waals surface area (Å²) < 4.78 is 25.3. The molecule has 1 atom stereocenters. The summed E-state index contributed by atoms with van der Waals surface area (Å²) in [7, 11) is -3.20. The van der Waals surface area contributed by atoms with Crippen LogP contribution in [0.3, 0.4) is 0 Å². The number of benzene rings is 1. The van der Waals surface area contributed by atoms with Crippen molar-refractivity contribution < 1.29 is 13.2 Å². The molecule has 0 radical (unpaired) electrons. The van der Waals surface area contributed by atoms with Gasteiger partial charge in [-0.2, -0.15) is 0 Å². The van der Waals surface area contributed by atoms with Gasteiger partial charge in [-0.05, 0) is 36.7 Å². The zero-order chi connectivity index (χ0) is 18.4. The summed E-state index contributed by atoms with van der Waals surface area (Å²) in [5.74, 6) is 0.223. The van der Waals surface area contributed by atoms with Gasteiger partial charge in [0.1, 0.15) is 0 Å². The lowest BCUT2D eigenvalue weighted by Gasteiger charge is -2.30. The van der Waals surface area contributed by atoms with Crippen molar-refractivity contribution in [3.63, 3.8) is 0 Å². The van der Waals surface area contributed by atoms with Gasteiger partial charge < -0.3 is 4.90 Å². The lowest BCUT2D eigenvalue weighted by molar-refractivity contribution is -0.135. The van der Waals surface area contributed by atoms with Crippen molar-refractivity contribution in [1.82, 2.24) is 9.21 Å². The Hall–Kier alpha value is -1.40. The summed E-state index contributed by atoms with van der Waals surface area (Å²) >= 11 is 0. The molecule has 1 amide bonds. The van der Waals surface area contributed by atoms with Crippen LogP contribution in [0.25, 0.3) is 0 Å². The van der Waals surface area contributed by atoms with Gasteiger partial charge in [-0.3, -0.25) is 4.79 Å². The van der Waals surface area contributed by atoms with Crippen molar-refractivity contribution in [2.45, 2.75) is 43.9 Å². The van der Waals surface area contributed by atoms with Gasteiger partial charge in [-0.25, -0.2) is 12.7 Å². The highest BCUT2D eigenvalue weighted by Crippen LogP contribution is 2.72. The first-order chi connectivity index (χ1) is 12.4. The second kappa shape index (κ2) is 6.34. The number of carbonyl (C=O) groups excluding carboxylic acids is 1. The van der Waals surface area contributed by atoms with Crippen LogP contribution in [0.15, 0.2) is 30.3 Å². The van der Waals surface area contributed by atoms with Gasteiger partial charge >= 0.3 is 0 Å². The fourth-order valence-electron chi connectivity index (χ4n) is 5.37. The summed E-state index contributed by atoms with van der Waals surface area (Å²) in [4.78, 5) is 15.6. The van der Waals surface area contributed by atoms with Crippen LogP contribution in [-0.2, 0) is 20.2 Å². The van der Waals surface area contributed by atoms with E-state index in [4.69, 9.17) is 0 Å². The van der Waals surface area contributed by atoms with Crippen molar-refractivity contribution >= 4 is 15.9 Å². The van der Waals surface area contributed by atoms with Gasteiger partial charge in [-0.1, -0.05) is 43.2 Å². The Balaban J connectivity index is 1.61. The largest absolute Gasteiger partial charge is 0.341 e. The highest BCUT2D eigenvalue weighted by atomic mass is 32.2. The molecule has 0 bridgehead atoms. The van der Waals surface area contributed by atoms with E-state index in [2.05, 4.69) is 12.1 Å². The molecule has 142 valence electrons. The monoisotopic (exact) mass is 376 g/mol. The molecule has 2 saturated carbocycles.